The molecule has 0 aromatic heterocycles. The van der Waals surface area contributed by atoms with E-state index >= 15 is 0 Å². The second-order valence-electron chi connectivity index (χ2n) is 7.15. The molecule has 4 rings (SSSR count). The number of rotatable bonds is 4. The van der Waals surface area contributed by atoms with E-state index in [0.717, 1.165) is 30.1 Å². The lowest BCUT2D eigenvalue weighted by Crippen LogP contribution is -2.23. The number of fused-ring (bicyclic) bond motifs is 1. The van der Waals surface area contributed by atoms with E-state index in [4.69, 9.17) is 9.47 Å². The summed E-state index contributed by atoms with van der Waals surface area (Å²) in [6.07, 6.45) is 5.47. The average molecular weight is 366 g/mol. The maximum Gasteiger partial charge on any atom is 0.228 e. The standard InChI is InChI=1S/C22H26N2O3/c25-22(16-17-5-10-20-21(15-17)27-14-13-26-20)23-18-6-8-19(9-7-18)24-11-3-1-2-4-12-24/h5-10,15H,1-4,11-14,16H2,(H,23,25). The highest BCUT2D eigenvalue weighted by molar-refractivity contribution is 5.92. The third-order valence-corrected chi connectivity index (χ3v) is 5.09. The summed E-state index contributed by atoms with van der Waals surface area (Å²) in [6, 6.07) is 13.8. The van der Waals surface area contributed by atoms with Gasteiger partial charge in [0.05, 0.1) is 6.42 Å². The normalized spacial score (nSPS) is 16.5. The maximum absolute atomic E-state index is 12.4. The third kappa shape index (κ3) is 4.54. The molecular weight excluding hydrogens is 340 g/mol. The van der Waals surface area contributed by atoms with Crippen LogP contribution >= 0.6 is 0 Å². The van der Waals surface area contributed by atoms with E-state index in [1.165, 1.54) is 31.4 Å². The molecule has 2 aromatic rings. The highest BCUT2D eigenvalue weighted by Gasteiger charge is 2.14. The van der Waals surface area contributed by atoms with E-state index in [-0.39, 0.29) is 5.91 Å². The number of anilines is 2. The van der Waals surface area contributed by atoms with Gasteiger partial charge in [0.1, 0.15) is 13.2 Å². The fourth-order valence-electron chi connectivity index (χ4n) is 3.67. The molecule has 0 radical (unpaired) electrons. The molecule has 1 amide bonds. The van der Waals surface area contributed by atoms with Crippen molar-refractivity contribution >= 4 is 17.3 Å². The van der Waals surface area contributed by atoms with Crippen LogP contribution in [0.5, 0.6) is 11.5 Å². The Kier molecular flexibility index (Phi) is 5.47. The largest absolute Gasteiger partial charge is 0.486 e. The van der Waals surface area contributed by atoms with E-state index < -0.39 is 0 Å². The van der Waals surface area contributed by atoms with Crippen LogP contribution in [-0.4, -0.2) is 32.2 Å². The zero-order valence-electron chi connectivity index (χ0n) is 15.6. The minimum atomic E-state index is -0.0331. The van der Waals surface area contributed by atoms with Gasteiger partial charge in [0.2, 0.25) is 5.91 Å². The van der Waals surface area contributed by atoms with Gasteiger partial charge < -0.3 is 19.7 Å². The van der Waals surface area contributed by atoms with E-state index in [1.54, 1.807) is 0 Å². The molecule has 1 N–H and O–H groups in total. The van der Waals surface area contributed by atoms with Crippen molar-refractivity contribution in [1.29, 1.82) is 0 Å². The van der Waals surface area contributed by atoms with Crippen LogP contribution in [0.4, 0.5) is 11.4 Å². The molecular formula is C22H26N2O3. The summed E-state index contributed by atoms with van der Waals surface area (Å²) >= 11 is 0. The van der Waals surface area contributed by atoms with Gasteiger partial charge in [-0.3, -0.25) is 4.79 Å². The molecule has 27 heavy (non-hydrogen) atoms. The molecule has 0 atom stereocenters. The summed E-state index contributed by atoms with van der Waals surface area (Å²) in [5.41, 5.74) is 2.98. The number of nitrogens with one attached hydrogen (secondary N) is 1. The Labute approximate surface area is 160 Å². The van der Waals surface area contributed by atoms with Crippen molar-refractivity contribution in [2.45, 2.75) is 32.1 Å². The van der Waals surface area contributed by atoms with Crippen LogP contribution in [0.15, 0.2) is 42.5 Å². The molecule has 0 aliphatic carbocycles. The summed E-state index contributed by atoms with van der Waals surface area (Å²) in [5.74, 6) is 1.43. The zero-order chi connectivity index (χ0) is 18.5. The molecule has 2 aliphatic rings. The van der Waals surface area contributed by atoms with Gasteiger partial charge in [0, 0.05) is 24.5 Å². The van der Waals surface area contributed by atoms with E-state index in [1.807, 2.05) is 30.3 Å². The summed E-state index contributed by atoms with van der Waals surface area (Å²) in [4.78, 5) is 14.8. The molecule has 5 heteroatoms. The van der Waals surface area contributed by atoms with Gasteiger partial charge in [-0.1, -0.05) is 18.9 Å². The summed E-state index contributed by atoms with van der Waals surface area (Å²) in [6.45, 7) is 3.36. The Morgan fingerprint density at radius 2 is 1.59 bits per heavy atom. The number of nitrogens with zero attached hydrogens (tertiary/aromatic N) is 1. The lowest BCUT2D eigenvalue weighted by atomic mass is 10.1. The molecule has 2 aromatic carbocycles. The summed E-state index contributed by atoms with van der Waals surface area (Å²) < 4.78 is 11.1. The number of amides is 1. The molecule has 0 saturated carbocycles. The topological polar surface area (TPSA) is 50.8 Å². The van der Waals surface area contributed by atoms with Gasteiger partial charge in [-0.05, 0) is 54.8 Å². The molecule has 0 spiro atoms. The monoisotopic (exact) mass is 366 g/mol. The number of carbonyl (C=O) groups is 1. The van der Waals surface area contributed by atoms with Crippen molar-refractivity contribution in [3.63, 3.8) is 0 Å². The second-order valence-corrected chi connectivity index (χ2v) is 7.15. The minimum absolute atomic E-state index is 0.0331. The van der Waals surface area contributed by atoms with Crippen molar-refractivity contribution in [1.82, 2.24) is 0 Å². The van der Waals surface area contributed by atoms with Gasteiger partial charge in [-0.25, -0.2) is 0 Å². The number of ether oxygens (including phenoxy) is 2. The van der Waals surface area contributed by atoms with Gasteiger partial charge in [0.25, 0.3) is 0 Å². The highest BCUT2D eigenvalue weighted by atomic mass is 16.6. The van der Waals surface area contributed by atoms with E-state index in [9.17, 15) is 4.79 Å². The number of benzene rings is 2. The Balaban J connectivity index is 1.35. The number of carbonyl (C=O) groups excluding carboxylic acids is 1. The molecule has 2 aliphatic heterocycles. The highest BCUT2D eigenvalue weighted by Crippen LogP contribution is 2.31. The summed E-state index contributed by atoms with van der Waals surface area (Å²) in [5, 5.41) is 2.98. The first-order valence-corrected chi connectivity index (χ1v) is 9.81. The summed E-state index contributed by atoms with van der Waals surface area (Å²) in [7, 11) is 0. The molecule has 0 unspecified atom stereocenters. The Hall–Kier alpha value is -2.69. The SMILES string of the molecule is O=C(Cc1ccc2c(c1)OCCO2)Nc1ccc(N2CCCCCC2)cc1. The molecule has 2 heterocycles. The van der Waals surface area contributed by atoms with Gasteiger partial charge in [0.15, 0.2) is 11.5 Å². The molecule has 1 saturated heterocycles. The Morgan fingerprint density at radius 3 is 2.33 bits per heavy atom. The van der Waals surface area contributed by atoms with Crippen LogP contribution in [-0.2, 0) is 11.2 Å². The van der Waals surface area contributed by atoms with Crippen LogP contribution in [0.3, 0.4) is 0 Å². The van der Waals surface area contributed by atoms with Crippen LogP contribution in [0, 0.1) is 0 Å². The number of hydrogen-bond acceptors (Lipinski definition) is 4. The Morgan fingerprint density at radius 1 is 0.889 bits per heavy atom. The first kappa shape index (κ1) is 17.7. The van der Waals surface area contributed by atoms with Crippen molar-refractivity contribution in [3.8, 4) is 11.5 Å². The second kappa shape index (κ2) is 8.33. The fourth-order valence-corrected chi connectivity index (χ4v) is 3.67. The zero-order valence-corrected chi connectivity index (χ0v) is 15.6. The van der Waals surface area contributed by atoms with Crippen LogP contribution in [0.25, 0.3) is 0 Å². The van der Waals surface area contributed by atoms with Crippen LogP contribution in [0.1, 0.15) is 31.2 Å². The van der Waals surface area contributed by atoms with E-state index in [0.29, 0.717) is 25.4 Å². The maximum atomic E-state index is 12.4. The van der Waals surface area contributed by atoms with Gasteiger partial charge in [-0.2, -0.15) is 0 Å². The van der Waals surface area contributed by atoms with E-state index in [2.05, 4.69) is 22.3 Å². The van der Waals surface area contributed by atoms with Crippen molar-refractivity contribution < 1.29 is 14.3 Å². The predicted octanol–water partition coefficient (Wildman–Crippen LogP) is 4.02. The minimum Gasteiger partial charge on any atom is -0.486 e. The quantitative estimate of drug-likeness (QED) is 0.888. The lowest BCUT2D eigenvalue weighted by Gasteiger charge is -2.22. The predicted molar refractivity (Wildman–Crippen MR) is 107 cm³/mol. The van der Waals surface area contributed by atoms with Gasteiger partial charge in [-0.15, -0.1) is 0 Å². The van der Waals surface area contributed by atoms with Crippen molar-refractivity contribution in [2.24, 2.45) is 0 Å². The first-order chi connectivity index (χ1) is 13.3. The molecule has 5 nitrogen and oxygen atoms in total. The molecule has 0 bridgehead atoms. The first-order valence-electron chi connectivity index (χ1n) is 9.81. The molecule has 1 fully saturated rings. The number of hydrogen-bond donors (Lipinski definition) is 1. The fraction of sp³-hybridized carbons (Fsp3) is 0.409. The smallest absolute Gasteiger partial charge is 0.228 e. The lowest BCUT2D eigenvalue weighted by molar-refractivity contribution is -0.115. The average Bonchev–Trinajstić information content (AvgIpc) is 2.98. The van der Waals surface area contributed by atoms with Crippen molar-refractivity contribution in [3.05, 3.63) is 48.0 Å². The third-order valence-electron chi connectivity index (χ3n) is 5.09. The molecule has 142 valence electrons. The van der Waals surface area contributed by atoms with Crippen molar-refractivity contribution in [2.75, 3.05) is 36.5 Å². The van der Waals surface area contributed by atoms with Crippen LogP contribution in [0.2, 0.25) is 0 Å². The van der Waals surface area contributed by atoms with Crippen LogP contribution < -0.4 is 19.7 Å². The Bertz CT molecular complexity index is 781. The van der Waals surface area contributed by atoms with Gasteiger partial charge >= 0.3 is 0 Å².